The summed E-state index contributed by atoms with van der Waals surface area (Å²) >= 11 is 0. The number of hydrogen-bond acceptors (Lipinski definition) is 3. The first kappa shape index (κ1) is 15.3. The van der Waals surface area contributed by atoms with Crippen molar-refractivity contribution in [3.63, 3.8) is 0 Å². The van der Waals surface area contributed by atoms with Crippen LogP contribution in [-0.4, -0.2) is 53.8 Å². The number of rotatable bonds is 4. The molecule has 2 rings (SSSR count). The van der Waals surface area contributed by atoms with Gasteiger partial charge in [-0.2, -0.15) is 0 Å². The molecule has 1 fully saturated rings. The van der Waals surface area contributed by atoms with E-state index in [1.807, 2.05) is 37.3 Å². The summed E-state index contributed by atoms with van der Waals surface area (Å²) in [5.41, 5.74) is 0.875. The lowest BCUT2D eigenvalue weighted by Crippen LogP contribution is -2.55. The lowest BCUT2D eigenvalue weighted by molar-refractivity contribution is -0.139. The second kappa shape index (κ2) is 7.08. The Balaban J connectivity index is 1.99. The van der Waals surface area contributed by atoms with Crippen molar-refractivity contribution in [2.24, 2.45) is 0 Å². The maximum absolute atomic E-state index is 12.2. The third kappa shape index (κ3) is 4.19. The van der Waals surface area contributed by atoms with E-state index in [2.05, 4.69) is 5.32 Å². The van der Waals surface area contributed by atoms with Crippen LogP contribution in [0.3, 0.4) is 0 Å². The van der Waals surface area contributed by atoms with Crippen molar-refractivity contribution in [3.8, 4) is 0 Å². The van der Waals surface area contributed by atoms with Crippen LogP contribution in [0.5, 0.6) is 0 Å². The Bertz CT molecular complexity index is 492. The van der Waals surface area contributed by atoms with Gasteiger partial charge >= 0.3 is 12.0 Å². The molecule has 0 aliphatic carbocycles. The number of hydrogen-bond donors (Lipinski definition) is 2. The standard InChI is InChI=1S/C15H20N2O4/c1-11-10-21-8-7-17(11)15(20)16-13(14(18)19)9-12-5-3-2-4-6-12/h2-6,11,13H,7-10H2,1H3,(H,16,20)(H,18,19)/t11?,13-/m0/s1. The fourth-order valence-electron chi connectivity index (χ4n) is 2.31. The van der Waals surface area contributed by atoms with Crippen LogP contribution >= 0.6 is 0 Å². The zero-order valence-corrected chi connectivity index (χ0v) is 12.0. The van der Waals surface area contributed by atoms with E-state index in [0.717, 1.165) is 5.56 Å². The van der Waals surface area contributed by atoms with Crippen LogP contribution < -0.4 is 5.32 Å². The number of nitrogens with zero attached hydrogens (tertiary/aromatic N) is 1. The Kier molecular flexibility index (Phi) is 5.16. The van der Waals surface area contributed by atoms with Gasteiger partial charge in [0, 0.05) is 13.0 Å². The van der Waals surface area contributed by atoms with E-state index in [1.54, 1.807) is 4.90 Å². The Morgan fingerprint density at radius 3 is 2.76 bits per heavy atom. The van der Waals surface area contributed by atoms with Crippen molar-refractivity contribution in [2.45, 2.75) is 25.4 Å². The van der Waals surface area contributed by atoms with E-state index in [0.29, 0.717) is 19.8 Å². The summed E-state index contributed by atoms with van der Waals surface area (Å²) < 4.78 is 5.27. The van der Waals surface area contributed by atoms with Crippen LogP contribution in [-0.2, 0) is 16.0 Å². The van der Waals surface area contributed by atoms with Crippen molar-refractivity contribution in [1.82, 2.24) is 10.2 Å². The van der Waals surface area contributed by atoms with Gasteiger partial charge < -0.3 is 20.1 Å². The third-order valence-electron chi connectivity index (χ3n) is 3.51. The molecular weight excluding hydrogens is 272 g/mol. The molecule has 1 saturated heterocycles. The monoisotopic (exact) mass is 292 g/mol. The van der Waals surface area contributed by atoms with E-state index in [9.17, 15) is 14.7 Å². The Morgan fingerprint density at radius 2 is 2.14 bits per heavy atom. The molecule has 2 amide bonds. The SMILES string of the molecule is CC1COCCN1C(=O)N[C@@H](Cc1ccccc1)C(=O)O. The fourth-order valence-corrected chi connectivity index (χ4v) is 2.31. The van der Waals surface area contributed by atoms with E-state index in [4.69, 9.17) is 4.74 Å². The summed E-state index contributed by atoms with van der Waals surface area (Å²) in [6.07, 6.45) is 0.265. The number of aliphatic carboxylic acids is 1. The van der Waals surface area contributed by atoms with Gasteiger partial charge in [-0.25, -0.2) is 9.59 Å². The smallest absolute Gasteiger partial charge is 0.326 e. The van der Waals surface area contributed by atoms with Crippen molar-refractivity contribution >= 4 is 12.0 Å². The maximum Gasteiger partial charge on any atom is 0.326 e. The highest BCUT2D eigenvalue weighted by Crippen LogP contribution is 2.08. The summed E-state index contributed by atoms with van der Waals surface area (Å²) in [4.78, 5) is 25.2. The highest BCUT2D eigenvalue weighted by atomic mass is 16.5. The van der Waals surface area contributed by atoms with Gasteiger partial charge in [0.25, 0.3) is 0 Å². The van der Waals surface area contributed by atoms with Gasteiger partial charge in [0.2, 0.25) is 0 Å². The first-order chi connectivity index (χ1) is 10.1. The van der Waals surface area contributed by atoms with Gasteiger partial charge in [-0.3, -0.25) is 0 Å². The number of carboxylic acid groups (broad SMARTS) is 1. The molecule has 1 heterocycles. The predicted molar refractivity (Wildman–Crippen MR) is 77.1 cm³/mol. The molecule has 0 bridgehead atoms. The van der Waals surface area contributed by atoms with Crippen molar-refractivity contribution in [2.75, 3.05) is 19.8 Å². The van der Waals surface area contributed by atoms with Crippen LogP contribution in [0.4, 0.5) is 4.79 Å². The summed E-state index contributed by atoms with van der Waals surface area (Å²) in [6.45, 7) is 3.31. The molecule has 0 spiro atoms. The minimum atomic E-state index is -1.03. The van der Waals surface area contributed by atoms with Crippen LogP contribution in [0.1, 0.15) is 12.5 Å². The van der Waals surface area contributed by atoms with Crippen LogP contribution in [0, 0.1) is 0 Å². The van der Waals surface area contributed by atoms with Crippen molar-refractivity contribution in [3.05, 3.63) is 35.9 Å². The van der Waals surface area contributed by atoms with Crippen LogP contribution in [0.15, 0.2) is 30.3 Å². The Hall–Kier alpha value is -2.08. The van der Waals surface area contributed by atoms with E-state index >= 15 is 0 Å². The number of ether oxygens (including phenoxy) is 1. The van der Waals surface area contributed by atoms with E-state index in [-0.39, 0.29) is 18.5 Å². The molecule has 114 valence electrons. The van der Waals surface area contributed by atoms with Crippen molar-refractivity contribution < 1.29 is 19.4 Å². The van der Waals surface area contributed by atoms with Gasteiger partial charge in [-0.05, 0) is 12.5 Å². The average Bonchev–Trinajstić information content (AvgIpc) is 2.48. The van der Waals surface area contributed by atoms with Crippen LogP contribution in [0.25, 0.3) is 0 Å². The molecule has 0 radical (unpaired) electrons. The maximum atomic E-state index is 12.2. The van der Waals surface area contributed by atoms with E-state index in [1.165, 1.54) is 0 Å². The minimum Gasteiger partial charge on any atom is -0.480 e. The van der Waals surface area contributed by atoms with Gasteiger partial charge in [0.1, 0.15) is 6.04 Å². The molecule has 1 aliphatic heterocycles. The number of amides is 2. The number of benzene rings is 1. The van der Waals surface area contributed by atoms with Gasteiger partial charge in [0.15, 0.2) is 0 Å². The molecule has 1 aliphatic rings. The second-order valence-electron chi connectivity index (χ2n) is 5.15. The third-order valence-corrected chi connectivity index (χ3v) is 3.51. The predicted octanol–water partition coefficient (Wildman–Crippen LogP) is 1.11. The molecule has 0 aromatic heterocycles. The fraction of sp³-hybridized carbons (Fsp3) is 0.467. The molecule has 2 N–H and O–H groups in total. The first-order valence-electron chi connectivity index (χ1n) is 6.99. The Morgan fingerprint density at radius 1 is 1.43 bits per heavy atom. The zero-order chi connectivity index (χ0) is 15.2. The Labute approximate surface area is 123 Å². The molecule has 1 aromatic rings. The summed E-state index contributed by atoms with van der Waals surface area (Å²) in [6, 6.07) is 7.92. The second-order valence-corrected chi connectivity index (χ2v) is 5.15. The molecule has 0 saturated carbocycles. The summed E-state index contributed by atoms with van der Waals surface area (Å²) in [5.74, 6) is -1.03. The quantitative estimate of drug-likeness (QED) is 0.871. The van der Waals surface area contributed by atoms with Crippen LogP contribution in [0.2, 0.25) is 0 Å². The summed E-state index contributed by atoms with van der Waals surface area (Å²) in [7, 11) is 0. The van der Waals surface area contributed by atoms with Gasteiger partial charge in [-0.1, -0.05) is 30.3 Å². The number of carboxylic acids is 1. The first-order valence-corrected chi connectivity index (χ1v) is 6.99. The molecule has 2 atom stereocenters. The highest BCUT2D eigenvalue weighted by Gasteiger charge is 2.27. The van der Waals surface area contributed by atoms with Gasteiger partial charge in [-0.15, -0.1) is 0 Å². The molecule has 1 aromatic carbocycles. The number of carbonyl (C=O) groups is 2. The number of nitrogens with one attached hydrogen (secondary N) is 1. The van der Waals surface area contributed by atoms with Crippen molar-refractivity contribution in [1.29, 1.82) is 0 Å². The van der Waals surface area contributed by atoms with Gasteiger partial charge in [0.05, 0.1) is 19.3 Å². The average molecular weight is 292 g/mol. The minimum absolute atomic E-state index is 0.0510. The molecule has 6 nitrogen and oxygen atoms in total. The molecular formula is C15H20N2O4. The molecule has 21 heavy (non-hydrogen) atoms. The number of morpholine rings is 1. The largest absolute Gasteiger partial charge is 0.480 e. The number of carbonyl (C=O) groups excluding carboxylic acids is 1. The van der Waals surface area contributed by atoms with E-state index < -0.39 is 12.0 Å². The topological polar surface area (TPSA) is 78.9 Å². The summed E-state index contributed by atoms with van der Waals surface area (Å²) in [5, 5.41) is 11.9. The lowest BCUT2D eigenvalue weighted by atomic mass is 10.1. The lowest BCUT2D eigenvalue weighted by Gasteiger charge is -2.34. The number of urea groups is 1. The molecule has 6 heteroatoms. The highest BCUT2D eigenvalue weighted by molar-refractivity contribution is 5.83. The molecule has 1 unspecified atom stereocenters. The normalized spacial score (nSPS) is 19.9. The zero-order valence-electron chi connectivity index (χ0n) is 12.0.